The van der Waals surface area contributed by atoms with Crippen molar-refractivity contribution in [3.63, 3.8) is 0 Å². The molecule has 0 aromatic carbocycles. The first-order valence-electron chi connectivity index (χ1n) is 29.9. The summed E-state index contributed by atoms with van der Waals surface area (Å²) in [7, 11) is 8.00. The Labute approximate surface area is 655 Å². The Bertz CT molecular complexity index is 4470. The molecule has 3 saturated heterocycles. The van der Waals surface area contributed by atoms with Crippen molar-refractivity contribution in [1.82, 2.24) is 104 Å². The molecule has 510 valence electrons. The van der Waals surface area contributed by atoms with Crippen molar-refractivity contribution < 1.29 is 29.6 Å². The molecule has 11 N–H and O–H groups in total. The van der Waals surface area contributed by atoms with E-state index in [4.69, 9.17) is 81.1 Å². The van der Waals surface area contributed by atoms with Crippen LogP contribution in [0.2, 0.25) is 15.3 Å². The van der Waals surface area contributed by atoms with Gasteiger partial charge in [0.2, 0.25) is 17.2 Å². The number of nitrogens with zero attached hydrogens (tertiary/aromatic N) is 22. The molecule has 28 nitrogen and oxygen atoms in total. The fourth-order valence-electron chi connectivity index (χ4n) is 13.2. The Morgan fingerprint density at radius 2 is 0.899 bits per heavy atom. The predicted molar refractivity (Wildman–Crippen MR) is 402 cm³/mol. The van der Waals surface area contributed by atoms with Crippen LogP contribution in [0.3, 0.4) is 0 Å². The van der Waals surface area contributed by atoms with E-state index in [0.717, 1.165) is 177 Å². The smallest absolute Gasteiger partial charge is 0.778 e. The topological polar surface area (TPSA) is 381 Å². The summed E-state index contributed by atoms with van der Waals surface area (Å²) in [4.78, 5) is 54.5. The Hall–Kier alpha value is -5.45. The molecule has 3 atom stereocenters. The summed E-state index contributed by atoms with van der Waals surface area (Å²) in [5.74, 6) is 2.30. The van der Waals surface area contributed by atoms with Gasteiger partial charge in [-0.3, -0.25) is 38.7 Å². The molecule has 39 heteroatoms. The summed E-state index contributed by atoms with van der Waals surface area (Å²) in [6, 6.07) is 3.43. The number of nitrogens with two attached hydrogens (primary N) is 5. The number of fused-ring (bicyclic) bond motifs is 6. The number of nitrogens with one attached hydrogen (secondary N) is 1. The van der Waals surface area contributed by atoms with E-state index in [1.54, 1.807) is 72.7 Å². The van der Waals surface area contributed by atoms with Gasteiger partial charge in [-0.1, -0.05) is 55.9 Å². The fraction of sp³-hybridized carbons (Fsp3) is 0.383. The molecule has 3 aliphatic carbocycles. The van der Waals surface area contributed by atoms with Crippen LogP contribution in [0.25, 0.3) is 16.9 Å². The Morgan fingerprint density at radius 1 is 0.505 bits per heavy atom. The molecule has 0 saturated carbocycles. The van der Waals surface area contributed by atoms with E-state index in [0.29, 0.717) is 31.9 Å². The molecule has 3 fully saturated rings. The van der Waals surface area contributed by atoms with Crippen LogP contribution < -0.4 is 73.3 Å². The maximum Gasteiger partial charge on any atom is 1.00 e. The number of piperidine rings is 3. The van der Waals surface area contributed by atoms with E-state index in [1.165, 1.54) is 24.3 Å². The maximum absolute atomic E-state index is 6.64. The molecule has 4 radical (unpaired) electrons. The summed E-state index contributed by atoms with van der Waals surface area (Å²) in [6.45, 7) is 5.62. The molecule has 11 aromatic heterocycles. The predicted octanol–water partition coefficient (Wildman–Crippen LogP) is 4.84. The van der Waals surface area contributed by atoms with E-state index >= 15 is 0 Å². The van der Waals surface area contributed by atoms with Crippen LogP contribution in [0.1, 0.15) is 106 Å². The number of hydrogen-bond acceptors (Lipinski definition) is 27. The summed E-state index contributed by atoms with van der Waals surface area (Å²) < 4.78 is 7.45. The minimum Gasteiger partial charge on any atom is -0.778 e. The van der Waals surface area contributed by atoms with Gasteiger partial charge in [-0.15, -0.1) is 43.0 Å². The molecular formula is C60H69B2Cl4I2N28NaS2. The second-order valence-corrected chi connectivity index (χ2v) is 28.3. The summed E-state index contributed by atoms with van der Waals surface area (Å²) in [5, 5.41) is 28.8. The normalized spacial score (nSPS) is 18.3. The molecule has 99 heavy (non-hydrogen) atoms. The number of aromatic nitrogens is 20. The average Bonchev–Trinajstić information content (AvgIpc) is 1.63. The number of rotatable bonds is 4. The van der Waals surface area contributed by atoms with Crippen molar-refractivity contribution in [1.29, 1.82) is 0 Å². The Kier molecular flexibility index (Phi) is 27.8. The van der Waals surface area contributed by atoms with Gasteiger partial charge in [-0.2, -0.15) is 4.90 Å². The van der Waals surface area contributed by atoms with Gasteiger partial charge in [0.05, 0.1) is 74.4 Å². The Morgan fingerprint density at radius 3 is 1.35 bits per heavy atom. The summed E-state index contributed by atoms with van der Waals surface area (Å²) in [5.41, 5.74) is 39.5. The Balaban J connectivity index is 0.000000167. The number of anilines is 4. The van der Waals surface area contributed by atoms with Gasteiger partial charge >= 0.3 is 29.6 Å². The minimum absolute atomic E-state index is 0. The van der Waals surface area contributed by atoms with Crippen molar-refractivity contribution in [2.75, 3.05) is 60.5 Å². The van der Waals surface area contributed by atoms with Gasteiger partial charge in [0.1, 0.15) is 30.6 Å². The molecule has 17 rings (SSSR count). The number of hydrogen-bond donors (Lipinski definition) is 6. The van der Waals surface area contributed by atoms with E-state index in [9.17, 15) is 0 Å². The third kappa shape index (κ3) is 16.3. The van der Waals surface area contributed by atoms with E-state index < -0.39 is 0 Å². The second kappa shape index (κ2) is 34.7. The number of pyridine rings is 2. The molecule has 6 aliphatic rings. The van der Waals surface area contributed by atoms with Gasteiger partial charge < -0.3 is 56.4 Å². The van der Waals surface area contributed by atoms with Gasteiger partial charge in [0, 0.05) is 126 Å². The standard InChI is InChI=1S/C21H21ClN10S.C16H17IN8.C11H16N4.C5H2ClIN4.C5H5ClN2S.2CH4.B2.ClH.Na/c22-15-13(1-4-27-18(15)24)33-14-10-28-20(32-11-29-30-19(14)32)31-7-2-21(3-8-31)9-12-16(17(21)23)26-6-5-25-12;17-10-8-21-15(25-9-22-23-14(10)25)24-5-1-16(2-6-24)7-11-12(13(16)18)20-4-3-19-11;12-10-9-8(14-5-6-15-9)7-11(10)1-3-13-4-2-11;6-5-8-1-3(7)4-10-9-2-11(4)5;6-4-3(9)1-2-8-5(4)7;;;1-2;;/h1,4-6,10-11,17H,2-3,7-9,23H2,(H2,24,27);3-4,8-9,13H,1-2,5-7,18H2;5-6,10,13H,1-4,7,12H2;1-2H;1-2H,(H3,7,8,9);2*1H4;;1H;/q;;;;;;;;;+1/p-1/t17-;13-;10-;;;;;;;/m111......./s1. The number of nitrogen functional groups attached to an aromatic ring is 2. The van der Waals surface area contributed by atoms with Crippen molar-refractivity contribution >= 4 is 173 Å². The first-order valence-corrected chi connectivity index (χ1v) is 34.4. The van der Waals surface area contributed by atoms with Crippen molar-refractivity contribution in [3.8, 4) is 0 Å². The van der Waals surface area contributed by atoms with Crippen LogP contribution in [-0.2, 0) is 31.9 Å². The molecule has 0 unspecified atom stereocenters. The third-order valence-electron chi connectivity index (χ3n) is 18.3. The average molecular weight is 1690 g/mol. The first-order chi connectivity index (χ1) is 46.1. The number of halogens is 6. The minimum atomic E-state index is -0.0810. The monoisotopic (exact) mass is 1680 g/mol. The second-order valence-electron chi connectivity index (χ2n) is 23.3. The maximum atomic E-state index is 6.64. The third-order valence-corrected chi connectivity index (χ3v) is 22.5. The molecule has 0 amide bonds. The summed E-state index contributed by atoms with van der Waals surface area (Å²) in [6.07, 6.45) is 33.0. The van der Waals surface area contributed by atoms with E-state index in [-0.39, 0.29) is 91.2 Å². The van der Waals surface area contributed by atoms with Crippen LogP contribution >= 0.6 is 104 Å². The van der Waals surface area contributed by atoms with Gasteiger partial charge in [-0.05, 0) is 139 Å². The zero-order valence-electron chi connectivity index (χ0n) is 52.1. The molecular weight excluding hydrogens is 1620 g/mol. The van der Waals surface area contributed by atoms with Crippen LogP contribution in [-0.4, -0.2) is 153 Å². The zero-order valence-corrected chi connectivity index (χ0v) is 63.1. The van der Waals surface area contributed by atoms with Crippen molar-refractivity contribution in [3.05, 3.63) is 156 Å². The van der Waals surface area contributed by atoms with Gasteiger partial charge in [0.15, 0.2) is 16.9 Å². The van der Waals surface area contributed by atoms with Crippen LogP contribution in [0.5, 0.6) is 0 Å². The summed E-state index contributed by atoms with van der Waals surface area (Å²) >= 11 is 28.2. The van der Waals surface area contributed by atoms with Crippen LogP contribution in [0, 0.1) is 23.4 Å². The molecule has 3 aliphatic heterocycles. The molecule has 0 bridgehead atoms. The quantitative estimate of drug-likeness (QED) is 0.0594. The molecule has 11 aromatic rings. The van der Waals surface area contributed by atoms with Crippen molar-refractivity contribution in [2.24, 2.45) is 33.4 Å². The van der Waals surface area contributed by atoms with Gasteiger partial charge in [-0.25, -0.2) is 29.3 Å². The molecule has 3 spiro atoms. The van der Waals surface area contributed by atoms with Crippen LogP contribution in [0.4, 0.5) is 23.5 Å². The fourth-order valence-corrected chi connectivity index (χ4v) is 15.7. The van der Waals surface area contributed by atoms with E-state index in [2.05, 4.69) is 156 Å². The zero-order chi connectivity index (χ0) is 66.6. The van der Waals surface area contributed by atoms with E-state index in [1.807, 2.05) is 27.3 Å². The van der Waals surface area contributed by atoms with Crippen molar-refractivity contribution in [2.45, 2.75) is 105 Å². The first kappa shape index (κ1) is 79.3. The van der Waals surface area contributed by atoms with Crippen LogP contribution in [0.15, 0.2) is 114 Å². The van der Waals surface area contributed by atoms with Gasteiger partial charge in [0.25, 0.3) is 0 Å². The SMILES string of the molecule is C.C.Cl.Clc1ncc(I)c2nncn12.N[C@@H]1c2nccnc2CC12CCN(c1ncc(I)c3nncn13)CC2.N[C@@H]1c2nccnc2CC12CCNCC2.Nc1nccc(Sc2cnc(N3CCC4(CC3)Cc3nccnc3[C@H]4N)n3cnnc23)c1Cl.Nc1nccc([S-])c1Cl.[B][B].[Na+]. The molecule has 14 heterocycles. The largest absolute Gasteiger partial charge is 1.00 e.